The summed E-state index contributed by atoms with van der Waals surface area (Å²) in [5.41, 5.74) is 1.96. The van der Waals surface area contributed by atoms with E-state index >= 15 is 0 Å². The van der Waals surface area contributed by atoms with Crippen molar-refractivity contribution < 1.29 is 8.42 Å². The maximum atomic E-state index is 12.8. The highest BCUT2D eigenvalue weighted by Crippen LogP contribution is 2.36. The summed E-state index contributed by atoms with van der Waals surface area (Å²) < 4.78 is 27.6. The van der Waals surface area contributed by atoms with Crippen LogP contribution in [-0.4, -0.2) is 29.8 Å². The molecule has 0 amide bonds. The predicted molar refractivity (Wildman–Crippen MR) is 77.0 cm³/mol. The molecule has 1 aliphatic rings. The van der Waals surface area contributed by atoms with Crippen LogP contribution in [0, 0.1) is 0 Å². The second-order valence-electron chi connectivity index (χ2n) is 5.14. The fraction of sp³-hybridized carbons (Fsp3) is 0.545. The van der Waals surface area contributed by atoms with Crippen LogP contribution in [0.25, 0.3) is 0 Å². The third kappa shape index (κ3) is 2.62. The monoisotopic (exact) mass is 348 g/mol. The van der Waals surface area contributed by atoms with Crippen LogP contribution in [0.1, 0.15) is 26.7 Å². The van der Waals surface area contributed by atoms with Gasteiger partial charge in [0, 0.05) is 22.8 Å². The van der Waals surface area contributed by atoms with E-state index in [0.717, 1.165) is 12.8 Å². The minimum Gasteiger partial charge on any atom is -0.307 e. The van der Waals surface area contributed by atoms with Crippen molar-refractivity contribution in [3.8, 4) is 0 Å². The molecule has 0 unspecified atom stereocenters. The molecule has 19 heavy (non-hydrogen) atoms. The quantitative estimate of drug-likeness (QED) is 0.640. The number of nitrogen functional groups attached to an aromatic ring is 1. The Morgan fingerprint density at radius 3 is 2.74 bits per heavy atom. The molecule has 0 saturated carbocycles. The summed E-state index contributed by atoms with van der Waals surface area (Å²) in [5.74, 6) is 5.51. The molecular weight excluding hydrogens is 332 g/mol. The lowest BCUT2D eigenvalue weighted by atomic mass is 10.0. The highest BCUT2D eigenvalue weighted by atomic mass is 79.9. The second-order valence-corrected chi connectivity index (χ2v) is 7.88. The lowest BCUT2D eigenvalue weighted by Crippen LogP contribution is -2.42. The molecular formula is C11H17BrN4O2S. The zero-order chi connectivity index (χ0) is 14.3. The van der Waals surface area contributed by atoms with Crippen molar-refractivity contribution in [1.82, 2.24) is 9.29 Å². The Morgan fingerprint density at radius 2 is 2.21 bits per heavy atom. The van der Waals surface area contributed by atoms with Crippen molar-refractivity contribution in [3.05, 3.63) is 16.7 Å². The Balaban J connectivity index is 2.54. The van der Waals surface area contributed by atoms with Crippen molar-refractivity contribution in [3.63, 3.8) is 0 Å². The SMILES string of the molecule is CC1(C)CCCN1S(=O)(=O)c1cc(Br)cnc1NN. The molecule has 0 aromatic carbocycles. The highest BCUT2D eigenvalue weighted by molar-refractivity contribution is 9.10. The molecule has 1 fully saturated rings. The Morgan fingerprint density at radius 1 is 1.53 bits per heavy atom. The van der Waals surface area contributed by atoms with Crippen molar-refractivity contribution in [2.45, 2.75) is 37.1 Å². The van der Waals surface area contributed by atoms with Gasteiger partial charge in [-0.2, -0.15) is 4.31 Å². The molecule has 1 aliphatic heterocycles. The molecule has 6 nitrogen and oxygen atoms in total. The Labute approximate surface area is 121 Å². The molecule has 0 atom stereocenters. The van der Waals surface area contributed by atoms with Crippen molar-refractivity contribution in [1.29, 1.82) is 0 Å². The van der Waals surface area contributed by atoms with Crippen LogP contribution in [-0.2, 0) is 10.0 Å². The molecule has 0 spiro atoms. The Hall–Kier alpha value is -0.700. The fourth-order valence-corrected chi connectivity index (χ4v) is 4.84. The number of hydrogen-bond acceptors (Lipinski definition) is 5. The van der Waals surface area contributed by atoms with Gasteiger partial charge in [0.2, 0.25) is 10.0 Å². The minimum absolute atomic E-state index is 0.0966. The summed E-state index contributed by atoms with van der Waals surface area (Å²) in [7, 11) is -3.61. The van der Waals surface area contributed by atoms with E-state index in [0.29, 0.717) is 11.0 Å². The van der Waals surface area contributed by atoms with E-state index in [2.05, 4.69) is 26.3 Å². The summed E-state index contributed by atoms with van der Waals surface area (Å²) >= 11 is 3.24. The number of nitrogens with one attached hydrogen (secondary N) is 1. The van der Waals surface area contributed by atoms with Gasteiger partial charge in [0.15, 0.2) is 5.82 Å². The average Bonchev–Trinajstić information content (AvgIpc) is 2.69. The Bertz CT molecular complexity index is 588. The number of aromatic nitrogens is 1. The van der Waals surface area contributed by atoms with Gasteiger partial charge in [-0.15, -0.1) is 0 Å². The number of hydrazine groups is 1. The zero-order valence-corrected chi connectivity index (χ0v) is 13.3. The number of anilines is 1. The highest BCUT2D eigenvalue weighted by Gasteiger charge is 2.42. The van der Waals surface area contributed by atoms with Gasteiger partial charge in [0.1, 0.15) is 4.90 Å². The first-order chi connectivity index (χ1) is 8.79. The summed E-state index contributed by atoms with van der Waals surface area (Å²) in [6.07, 6.45) is 3.21. The van der Waals surface area contributed by atoms with Crippen LogP contribution in [0.3, 0.4) is 0 Å². The van der Waals surface area contributed by atoms with Gasteiger partial charge < -0.3 is 5.43 Å². The van der Waals surface area contributed by atoms with Crippen molar-refractivity contribution in [2.75, 3.05) is 12.0 Å². The molecule has 1 aromatic heterocycles. The first kappa shape index (κ1) is 14.7. The van der Waals surface area contributed by atoms with E-state index in [1.165, 1.54) is 16.6 Å². The maximum absolute atomic E-state index is 12.8. The number of sulfonamides is 1. The average molecular weight is 349 g/mol. The molecule has 1 aromatic rings. The van der Waals surface area contributed by atoms with Crippen LogP contribution in [0.2, 0.25) is 0 Å². The summed E-state index contributed by atoms with van der Waals surface area (Å²) in [5, 5.41) is 0. The number of nitrogens with two attached hydrogens (primary N) is 1. The van der Waals surface area contributed by atoms with Crippen LogP contribution in [0.4, 0.5) is 5.82 Å². The fourth-order valence-electron chi connectivity index (χ4n) is 2.37. The van der Waals surface area contributed by atoms with E-state index in [4.69, 9.17) is 5.84 Å². The first-order valence-electron chi connectivity index (χ1n) is 5.94. The third-order valence-corrected chi connectivity index (χ3v) is 5.91. The van der Waals surface area contributed by atoms with Gasteiger partial charge in [-0.3, -0.25) is 0 Å². The van der Waals surface area contributed by atoms with E-state index < -0.39 is 10.0 Å². The maximum Gasteiger partial charge on any atom is 0.247 e. The standard InChI is InChI=1S/C11H17BrN4O2S/c1-11(2)4-3-5-16(11)19(17,18)9-6-8(12)7-14-10(9)15-13/h6-7H,3-5,13H2,1-2H3,(H,14,15). The minimum atomic E-state index is -3.61. The molecule has 106 valence electrons. The van der Waals surface area contributed by atoms with Gasteiger partial charge in [-0.25, -0.2) is 19.2 Å². The van der Waals surface area contributed by atoms with Gasteiger partial charge >= 0.3 is 0 Å². The van der Waals surface area contributed by atoms with E-state index in [-0.39, 0.29) is 16.3 Å². The zero-order valence-electron chi connectivity index (χ0n) is 10.9. The van der Waals surface area contributed by atoms with Gasteiger partial charge in [0.25, 0.3) is 0 Å². The van der Waals surface area contributed by atoms with Gasteiger partial charge in [-0.05, 0) is 48.7 Å². The number of halogens is 1. The number of nitrogens with zero attached hydrogens (tertiary/aromatic N) is 2. The van der Waals surface area contributed by atoms with Crippen LogP contribution in [0.5, 0.6) is 0 Å². The summed E-state index contributed by atoms with van der Waals surface area (Å²) in [6, 6.07) is 1.52. The number of pyridine rings is 1. The van der Waals surface area contributed by atoms with Crippen molar-refractivity contribution >= 4 is 31.8 Å². The van der Waals surface area contributed by atoms with Gasteiger partial charge in [0.05, 0.1) is 0 Å². The Kier molecular flexibility index (Phi) is 3.87. The second kappa shape index (κ2) is 5.01. The van der Waals surface area contributed by atoms with Crippen LogP contribution in [0.15, 0.2) is 21.6 Å². The molecule has 3 N–H and O–H groups in total. The first-order valence-corrected chi connectivity index (χ1v) is 8.17. The smallest absolute Gasteiger partial charge is 0.247 e. The lowest BCUT2D eigenvalue weighted by Gasteiger charge is -2.30. The summed E-state index contributed by atoms with van der Waals surface area (Å²) in [6.45, 7) is 4.38. The normalized spacial score (nSPS) is 19.6. The van der Waals surface area contributed by atoms with E-state index in [9.17, 15) is 8.42 Å². The lowest BCUT2D eigenvalue weighted by molar-refractivity contribution is 0.292. The molecule has 8 heteroatoms. The molecule has 2 rings (SSSR count). The molecule has 1 saturated heterocycles. The molecule has 0 aliphatic carbocycles. The molecule has 0 bridgehead atoms. The van der Waals surface area contributed by atoms with Crippen LogP contribution >= 0.6 is 15.9 Å². The molecule has 2 heterocycles. The van der Waals surface area contributed by atoms with Crippen molar-refractivity contribution in [2.24, 2.45) is 5.84 Å². The third-order valence-electron chi connectivity index (χ3n) is 3.35. The largest absolute Gasteiger partial charge is 0.307 e. The van der Waals surface area contributed by atoms with Gasteiger partial charge in [-0.1, -0.05) is 0 Å². The molecule has 0 radical (unpaired) electrons. The topological polar surface area (TPSA) is 88.3 Å². The predicted octanol–water partition coefficient (Wildman–Crippen LogP) is 1.69. The number of rotatable bonds is 3. The van der Waals surface area contributed by atoms with E-state index in [1.54, 1.807) is 0 Å². The number of hydrogen-bond donors (Lipinski definition) is 2. The van der Waals surface area contributed by atoms with E-state index in [1.807, 2.05) is 13.8 Å². The van der Waals surface area contributed by atoms with Crippen LogP contribution < -0.4 is 11.3 Å². The summed E-state index contributed by atoms with van der Waals surface area (Å²) in [4.78, 5) is 4.09.